The Morgan fingerprint density at radius 3 is 3.12 bits per heavy atom. The molecule has 3 atom stereocenters. The predicted molar refractivity (Wildman–Crippen MR) is 62.7 cm³/mol. The van der Waals surface area contributed by atoms with Gasteiger partial charge in [0.15, 0.2) is 0 Å². The molecule has 3 nitrogen and oxygen atoms in total. The Labute approximate surface area is 99.0 Å². The van der Waals surface area contributed by atoms with E-state index >= 15 is 0 Å². The van der Waals surface area contributed by atoms with Crippen LogP contribution < -0.4 is 0 Å². The maximum atomic E-state index is 11.7. The number of methoxy groups -OCH3 is 1. The zero-order chi connectivity index (χ0) is 11.1. The number of carbonyl (C=O) groups excluding carboxylic acids is 1. The van der Waals surface area contributed by atoms with Crippen LogP contribution in [0.5, 0.6) is 0 Å². The number of rotatable bonds is 1. The van der Waals surface area contributed by atoms with Crippen LogP contribution in [0, 0.1) is 0 Å². The van der Waals surface area contributed by atoms with Gasteiger partial charge >= 0.3 is 6.09 Å². The molecule has 0 saturated carbocycles. The van der Waals surface area contributed by atoms with Crippen molar-refractivity contribution in [2.45, 2.75) is 37.3 Å². The number of amides is 1. The molecule has 2 bridgehead atoms. The molecule has 16 heavy (non-hydrogen) atoms. The SMILES string of the molecule is COC(=O)N1[C@H]2CC[C@@H]1[C@@H](c1cccs1)C2. The van der Waals surface area contributed by atoms with Gasteiger partial charge in [0.25, 0.3) is 0 Å². The quantitative estimate of drug-likeness (QED) is 0.751. The van der Waals surface area contributed by atoms with Gasteiger partial charge in [0.2, 0.25) is 0 Å². The lowest BCUT2D eigenvalue weighted by molar-refractivity contribution is 0.117. The van der Waals surface area contributed by atoms with Crippen LogP contribution in [-0.2, 0) is 4.74 Å². The van der Waals surface area contributed by atoms with Gasteiger partial charge < -0.3 is 9.64 Å². The van der Waals surface area contributed by atoms with Crippen molar-refractivity contribution in [3.05, 3.63) is 22.4 Å². The molecule has 0 radical (unpaired) electrons. The molecule has 2 fully saturated rings. The van der Waals surface area contributed by atoms with Gasteiger partial charge in [-0.3, -0.25) is 0 Å². The van der Waals surface area contributed by atoms with Crippen molar-refractivity contribution in [2.24, 2.45) is 0 Å². The summed E-state index contributed by atoms with van der Waals surface area (Å²) >= 11 is 1.80. The molecule has 0 N–H and O–H groups in total. The number of hydrogen-bond donors (Lipinski definition) is 0. The minimum atomic E-state index is -0.147. The molecule has 2 aliphatic heterocycles. The first-order valence-corrected chi connectivity index (χ1v) is 6.59. The third kappa shape index (κ3) is 1.36. The van der Waals surface area contributed by atoms with E-state index in [-0.39, 0.29) is 6.09 Å². The molecule has 0 spiro atoms. The fourth-order valence-corrected chi connectivity index (χ4v) is 4.09. The molecule has 3 rings (SSSR count). The monoisotopic (exact) mass is 237 g/mol. The molecule has 2 saturated heterocycles. The Morgan fingerprint density at radius 1 is 1.56 bits per heavy atom. The van der Waals surface area contributed by atoms with E-state index in [0.29, 0.717) is 18.0 Å². The summed E-state index contributed by atoms with van der Waals surface area (Å²) < 4.78 is 4.87. The average molecular weight is 237 g/mol. The van der Waals surface area contributed by atoms with Crippen LogP contribution in [-0.4, -0.2) is 30.2 Å². The molecule has 0 aromatic carbocycles. The minimum Gasteiger partial charge on any atom is -0.453 e. The number of nitrogens with zero attached hydrogens (tertiary/aromatic N) is 1. The van der Waals surface area contributed by atoms with Crippen molar-refractivity contribution in [1.29, 1.82) is 0 Å². The number of hydrogen-bond acceptors (Lipinski definition) is 3. The second-order valence-corrected chi connectivity index (χ2v) is 5.51. The molecule has 2 aliphatic rings. The maximum Gasteiger partial charge on any atom is 0.410 e. The van der Waals surface area contributed by atoms with E-state index in [0.717, 1.165) is 19.3 Å². The maximum absolute atomic E-state index is 11.7. The zero-order valence-electron chi connectivity index (χ0n) is 9.26. The van der Waals surface area contributed by atoms with Gasteiger partial charge in [-0.25, -0.2) is 4.79 Å². The third-order valence-electron chi connectivity index (χ3n) is 3.83. The first kappa shape index (κ1) is 10.1. The largest absolute Gasteiger partial charge is 0.453 e. The second-order valence-electron chi connectivity index (χ2n) is 4.53. The molecule has 1 amide bonds. The minimum absolute atomic E-state index is 0.147. The highest BCUT2D eigenvalue weighted by Gasteiger charge is 2.49. The van der Waals surface area contributed by atoms with Crippen LogP contribution in [0.25, 0.3) is 0 Å². The van der Waals surface area contributed by atoms with E-state index in [2.05, 4.69) is 17.5 Å². The summed E-state index contributed by atoms with van der Waals surface area (Å²) in [5.74, 6) is 0.540. The van der Waals surface area contributed by atoms with Crippen LogP contribution in [0.4, 0.5) is 4.79 Å². The summed E-state index contributed by atoms with van der Waals surface area (Å²) in [6, 6.07) is 5.06. The van der Waals surface area contributed by atoms with Gasteiger partial charge in [-0.1, -0.05) is 6.07 Å². The topological polar surface area (TPSA) is 29.5 Å². The Bertz CT molecular complexity index is 390. The predicted octanol–water partition coefficient (Wildman–Crippen LogP) is 2.83. The molecule has 86 valence electrons. The Kier molecular flexibility index (Phi) is 2.39. The number of fused-ring (bicyclic) bond motifs is 2. The van der Waals surface area contributed by atoms with Crippen molar-refractivity contribution in [3.8, 4) is 0 Å². The molecule has 0 unspecified atom stereocenters. The highest BCUT2D eigenvalue weighted by molar-refractivity contribution is 7.10. The van der Waals surface area contributed by atoms with E-state index in [1.165, 1.54) is 12.0 Å². The van der Waals surface area contributed by atoms with E-state index in [9.17, 15) is 4.79 Å². The van der Waals surface area contributed by atoms with Crippen molar-refractivity contribution in [3.63, 3.8) is 0 Å². The summed E-state index contributed by atoms with van der Waals surface area (Å²) in [5.41, 5.74) is 0. The third-order valence-corrected chi connectivity index (χ3v) is 4.84. The zero-order valence-corrected chi connectivity index (χ0v) is 10.1. The number of thiophene rings is 1. The molecule has 3 heterocycles. The summed E-state index contributed by atoms with van der Waals surface area (Å²) in [7, 11) is 1.47. The molecule has 0 aliphatic carbocycles. The van der Waals surface area contributed by atoms with Crippen molar-refractivity contribution >= 4 is 17.4 Å². The summed E-state index contributed by atoms with van der Waals surface area (Å²) in [5, 5.41) is 2.11. The van der Waals surface area contributed by atoms with Gasteiger partial charge in [0.1, 0.15) is 0 Å². The molecular formula is C12H15NO2S. The fourth-order valence-electron chi connectivity index (χ4n) is 3.19. The lowest BCUT2D eigenvalue weighted by Gasteiger charge is -2.22. The van der Waals surface area contributed by atoms with Crippen LogP contribution in [0.3, 0.4) is 0 Å². The Balaban J connectivity index is 1.85. The van der Waals surface area contributed by atoms with E-state index in [1.54, 1.807) is 11.3 Å². The summed E-state index contributed by atoms with van der Waals surface area (Å²) in [6.07, 6.45) is 3.23. The van der Waals surface area contributed by atoms with Gasteiger partial charge in [-0.05, 0) is 30.7 Å². The van der Waals surface area contributed by atoms with E-state index in [1.807, 2.05) is 4.90 Å². The van der Waals surface area contributed by atoms with Gasteiger partial charge in [0.05, 0.1) is 7.11 Å². The smallest absolute Gasteiger partial charge is 0.410 e. The van der Waals surface area contributed by atoms with Crippen LogP contribution in [0.15, 0.2) is 17.5 Å². The molecular weight excluding hydrogens is 222 g/mol. The Morgan fingerprint density at radius 2 is 2.44 bits per heavy atom. The summed E-state index contributed by atoms with van der Waals surface area (Å²) in [6.45, 7) is 0. The fraction of sp³-hybridized carbons (Fsp3) is 0.583. The van der Waals surface area contributed by atoms with Gasteiger partial charge in [-0.2, -0.15) is 0 Å². The van der Waals surface area contributed by atoms with Crippen molar-refractivity contribution in [2.75, 3.05) is 7.11 Å². The molecule has 4 heteroatoms. The standard InChI is InChI=1S/C12H15NO2S/c1-15-12(14)13-8-4-5-10(13)9(7-8)11-3-2-6-16-11/h2-3,6,8-10H,4-5,7H2,1H3/t8-,9-,10+/m0/s1. The van der Waals surface area contributed by atoms with Gasteiger partial charge in [0, 0.05) is 22.9 Å². The summed E-state index contributed by atoms with van der Waals surface area (Å²) in [4.78, 5) is 15.1. The Hall–Kier alpha value is -1.03. The normalized spacial score (nSPS) is 32.1. The van der Waals surface area contributed by atoms with E-state index < -0.39 is 0 Å². The van der Waals surface area contributed by atoms with Gasteiger partial charge in [-0.15, -0.1) is 11.3 Å². The van der Waals surface area contributed by atoms with Crippen molar-refractivity contribution in [1.82, 2.24) is 4.90 Å². The highest BCUT2D eigenvalue weighted by atomic mass is 32.1. The number of ether oxygens (including phenoxy) is 1. The van der Waals surface area contributed by atoms with Crippen molar-refractivity contribution < 1.29 is 9.53 Å². The lowest BCUT2D eigenvalue weighted by Crippen LogP contribution is -2.35. The lowest BCUT2D eigenvalue weighted by atomic mass is 9.88. The molecule has 1 aromatic heterocycles. The van der Waals surface area contributed by atoms with Crippen LogP contribution >= 0.6 is 11.3 Å². The molecule has 1 aromatic rings. The van der Waals surface area contributed by atoms with Crippen LogP contribution in [0.2, 0.25) is 0 Å². The number of carbonyl (C=O) groups is 1. The average Bonchev–Trinajstić information content (AvgIpc) is 3.02. The first-order valence-electron chi connectivity index (χ1n) is 5.71. The highest BCUT2D eigenvalue weighted by Crippen LogP contribution is 2.47. The van der Waals surface area contributed by atoms with E-state index in [4.69, 9.17) is 4.74 Å². The second kappa shape index (κ2) is 3.77. The first-order chi connectivity index (χ1) is 7.81. The van der Waals surface area contributed by atoms with Crippen LogP contribution in [0.1, 0.15) is 30.1 Å².